The SMILES string of the molecule is O=C(O)C(=O)O.c1ccc(CN2CCN(Cc3ccncc3)CC2)cc1. The fourth-order valence-electron chi connectivity index (χ4n) is 2.69. The van der Waals surface area contributed by atoms with Crippen molar-refractivity contribution in [2.75, 3.05) is 26.2 Å². The molecule has 2 N–H and O–H groups in total. The summed E-state index contributed by atoms with van der Waals surface area (Å²) < 4.78 is 0. The molecule has 1 saturated heterocycles. The van der Waals surface area contributed by atoms with Gasteiger partial charge in [0.05, 0.1) is 0 Å². The van der Waals surface area contributed by atoms with Crippen molar-refractivity contribution in [2.45, 2.75) is 13.1 Å². The second kappa shape index (κ2) is 10.3. The Hall–Kier alpha value is -2.77. The molecule has 1 aromatic heterocycles. The fraction of sp³-hybridized carbons (Fsp3) is 0.316. The van der Waals surface area contributed by atoms with Crippen LogP contribution in [0, 0.1) is 0 Å². The first-order chi connectivity index (χ1) is 12.5. The number of rotatable bonds is 4. The van der Waals surface area contributed by atoms with Gasteiger partial charge in [0, 0.05) is 51.7 Å². The first-order valence-corrected chi connectivity index (χ1v) is 8.38. The van der Waals surface area contributed by atoms with Crippen LogP contribution in [-0.4, -0.2) is 63.1 Å². The highest BCUT2D eigenvalue weighted by atomic mass is 16.4. The van der Waals surface area contributed by atoms with Crippen LogP contribution >= 0.6 is 0 Å². The van der Waals surface area contributed by atoms with Gasteiger partial charge in [-0.25, -0.2) is 9.59 Å². The summed E-state index contributed by atoms with van der Waals surface area (Å²) in [6, 6.07) is 15.0. The second-order valence-electron chi connectivity index (χ2n) is 6.00. The molecule has 7 nitrogen and oxygen atoms in total. The van der Waals surface area contributed by atoms with Crippen LogP contribution in [-0.2, 0) is 22.7 Å². The van der Waals surface area contributed by atoms with Gasteiger partial charge in [-0.05, 0) is 23.3 Å². The zero-order valence-corrected chi connectivity index (χ0v) is 14.5. The first-order valence-electron chi connectivity index (χ1n) is 8.38. The van der Waals surface area contributed by atoms with Crippen molar-refractivity contribution in [3.63, 3.8) is 0 Å². The number of hydrogen-bond acceptors (Lipinski definition) is 5. The molecule has 3 rings (SSSR count). The summed E-state index contributed by atoms with van der Waals surface area (Å²) >= 11 is 0. The van der Waals surface area contributed by atoms with Gasteiger partial charge in [-0.15, -0.1) is 0 Å². The van der Waals surface area contributed by atoms with Crippen LogP contribution in [0.2, 0.25) is 0 Å². The summed E-state index contributed by atoms with van der Waals surface area (Å²) in [5, 5.41) is 14.8. The summed E-state index contributed by atoms with van der Waals surface area (Å²) in [6.07, 6.45) is 3.75. The van der Waals surface area contributed by atoms with E-state index in [-0.39, 0.29) is 0 Å². The third kappa shape index (κ3) is 7.00. The Kier molecular flexibility index (Phi) is 7.73. The lowest BCUT2D eigenvalue weighted by Gasteiger charge is -2.34. The fourth-order valence-corrected chi connectivity index (χ4v) is 2.69. The molecule has 1 fully saturated rings. The van der Waals surface area contributed by atoms with Crippen molar-refractivity contribution >= 4 is 11.9 Å². The maximum absolute atomic E-state index is 9.10. The van der Waals surface area contributed by atoms with Gasteiger partial charge < -0.3 is 10.2 Å². The number of carbonyl (C=O) groups is 2. The minimum atomic E-state index is -1.82. The van der Waals surface area contributed by atoms with E-state index in [4.69, 9.17) is 19.8 Å². The predicted molar refractivity (Wildman–Crippen MR) is 96.5 cm³/mol. The Morgan fingerprint density at radius 2 is 1.19 bits per heavy atom. The van der Waals surface area contributed by atoms with E-state index in [9.17, 15) is 0 Å². The van der Waals surface area contributed by atoms with Gasteiger partial charge in [-0.1, -0.05) is 30.3 Å². The molecule has 0 unspecified atom stereocenters. The normalized spacial score (nSPS) is 14.9. The Morgan fingerprint density at radius 3 is 1.62 bits per heavy atom. The largest absolute Gasteiger partial charge is 0.473 e. The highest BCUT2D eigenvalue weighted by Gasteiger charge is 2.16. The van der Waals surface area contributed by atoms with E-state index in [1.54, 1.807) is 0 Å². The van der Waals surface area contributed by atoms with Crippen LogP contribution in [0.25, 0.3) is 0 Å². The second-order valence-corrected chi connectivity index (χ2v) is 6.00. The molecule has 2 heterocycles. The number of carboxylic acids is 2. The number of aromatic nitrogens is 1. The molecule has 1 aliphatic rings. The molecule has 0 radical (unpaired) electrons. The lowest BCUT2D eigenvalue weighted by molar-refractivity contribution is -0.159. The highest BCUT2D eigenvalue weighted by molar-refractivity contribution is 6.27. The van der Waals surface area contributed by atoms with Crippen LogP contribution in [0.1, 0.15) is 11.1 Å². The van der Waals surface area contributed by atoms with E-state index in [1.165, 1.54) is 11.1 Å². The van der Waals surface area contributed by atoms with E-state index >= 15 is 0 Å². The summed E-state index contributed by atoms with van der Waals surface area (Å²) in [4.78, 5) is 27.3. The molecule has 0 spiro atoms. The molecule has 0 bridgehead atoms. The van der Waals surface area contributed by atoms with Crippen LogP contribution in [0.3, 0.4) is 0 Å². The van der Waals surface area contributed by atoms with E-state index in [1.807, 2.05) is 12.4 Å². The molecule has 7 heteroatoms. The summed E-state index contributed by atoms with van der Waals surface area (Å²) in [5.41, 5.74) is 2.77. The van der Waals surface area contributed by atoms with Crippen LogP contribution in [0.5, 0.6) is 0 Å². The summed E-state index contributed by atoms with van der Waals surface area (Å²) in [5.74, 6) is -3.65. The van der Waals surface area contributed by atoms with Crippen molar-refractivity contribution in [1.82, 2.24) is 14.8 Å². The van der Waals surface area contributed by atoms with Gasteiger partial charge >= 0.3 is 11.9 Å². The standard InChI is InChI=1S/C17H21N3.C2H2O4/c1-2-4-16(5-3-1)14-19-10-12-20(13-11-19)15-17-6-8-18-9-7-17;3-1(4)2(5)6/h1-9H,10-15H2;(H,3,4)(H,5,6). The number of hydrogen-bond donors (Lipinski definition) is 2. The van der Waals surface area contributed by atoms with Gasteiger partial charge in [-0.3, -0.25) is 14.8 Å². The molecule has 1 aliphatic heterocycles. The van der Waals surface area contributed by atoms with Gasteiger partial charge in [-0.2, -0.15) is 0 Å². The minimum absolute atomic E-state index is 1.04. The predicted octanol–water partition coefficient (Wildman–Crippen LogP) is 1.55. The van der Waals surface area contributed by atoms with Crippen molar-refractivity contribution in [3.05, 3.63) is 66.0 Å². The molecular weight excluding hydrogens is 334 g/mol. The van der Waals surface area contributed by atoms with E-state index < -0.39 is 11.9 Å². The third-order valence-electron chi connectivity index (χ3n) is 4.05. The number of pyridine rings is 1. The van der Waals surface area contributed by atoms with E-state index in [0.717, 1.165) is 39.3 Å². The van der Waals surface area contributed by atoms with Crippen LogP contribution < -0.4 is 0 Å². The number of aliphatic carboxylic acids is 2. The number of nitrogens with zero attached hydrogens (tertiary/aromatic N) is 3. The van der Waals surface area contributed by atoms with Gasteiger partial charge in [0.2, 0.25) is 0 Å². The smallest absolute Gasteiger partial charge is 0.414 e. The molecule has 1 aromatic carbocycles. The third-order valence-corrected chi connectivity index (χ3v) is 4.05. The van der Waals surface area contributed by atoms with Crippen molar-refractivity contribution < 1.29 is 19.8 Å². The number of carboxylic acid groups (broad SMARTS) is 2. The molecule has 0 atom stereocenters. The maximum atomic E-state index is 9.10. The Bertz CT molecular complexity index is 625. The van der Waals surface area contributed by atoms with Crippen molar-refractivity contribution in [1.29, 1.82) is 0 Å². The molecule has 138 valence electrons. The van der Waals surface area contributed by atoms with Gasteiger partial charge in [0.15, 0.2) is 0 Å². The molecule has 26 heavy (non-hydrogen) atoms. The van der Waals surface area contributed by atoms with E-state index in [0.29, 0.717) is 0 Å². The average molecular weight is 357 g/mol. The summed E-state index contributed by atoms with van der Waals surface area (Å²) in [7, 11) is 0. The monoisotopic (exact) mass is 357 g/mol. The zero-order chi connectivity index (χ0) is 18.8. The molecule has 0 aliphatic carbocycles. The van der Waals surface area contributed by atoms with Gasteiger partial charge in [0.1, 0.15) is 0 Å². The number of benzene rings is 1. The van der Waals surface area contributed by atoms with Crippen LogP contribution in [0.4, 0.5) is 0 Å². The molecule has 2 aromatic rings. The molecular formula is C19H23N3O4. The quantitative estimate of drug-likeness (QED) is 0.802. The van der Waals surface area contributed by atoms with E-state index in [2.05, 4.69) is 57.2 Å². The van der Waals surface area contributed by atoms with Crippen molar-refractivity contribution in [3.8, 4) is 0 Å². The lowest BCUT2D eigenvalue weighted by atomic mass is 10.2. The lowest BCUT2D eigenvalue weighted by Crippen LogP contribution is -2.45. The first kappa shape index (κ1) is 19.6. The molecule has 0 amide bonds. The Balaban J connectivity index is 0.000000352. The maximum Gasteiger partial charge on any atom is 0.414 e. The topological polar surface area (TPSA) is 94.0 Å². The highest BCUT2D eigenvalue weighted by Crippen LogP contribution is 2.10. The molecule has 0 saturated carbocycles. The van der Waals surface area contributed by atoms with Crippen LogP contribution in [0.15, 0.2) is 54.9 Å². The minimum Gasteiger partial charge on any atom is -0.473 e. The van der Waals surface area contributed by atoms with Crippen molar-refractivity contribution in [2.24, 2.45) is 0 Å². The van der Waals surface area contributed by atoms with Gasteiger partial charge in [0.25, 0.3) is 0 Å². The Morgan fingerprint density at radius 1 is 0.769 bits per heavy atom. The Labute approximate surface area is 152 Å². The zero-order valence-electron chi connectivity index (χ0n) is 14.5. The number of piperazine rings is 1. The summed E-state index contributed by atoms with van der Waals surface area (Å²) in [6.45, 7) is 6.72. The average Bonchev–Trinajstić information content (AvgIpc) is 2.65.